The molecule has 1 N–H and O–H groups in total. The smallest absolute Gasteiger partial charge is 0.331 e. The topological polar surface area (TPSA) is 37.3 Å². The number of hydrogen-bond acceptors (Lipinski definition) is 1. The Kier molecular flexibility index (Phi) is 3.50. The fourth-order valence-electron chi connectivity index (χ4n) is 0.997. The fraction of sp³-hybridized carbons (Fsp3) is 0.700. The van der Waals surface area contributed by atoms with Crippen LogP contribution in [0.25, 0.3) is 0 Å². The number of carboxylic acids is 1. The van der Waals surface area contributed by atoms with E-state index in [1.807, 2.05) is 34.6 Å². The highest BCUT2D eigenvalue weighted by Crippen LogP contribution is 2.25. The third kappa shape index (κ3) is 4.16. The van der Waals surface area contributed by atoms with Gasteiger partial charge >= 0.3 is 5.97 Å². The second-order valence-electron chi connectivity index (χ2n) is 4.52. The Balaban J connectivity index is 4.60. The zero-order chi connectivity index (χ0) is 9.94. The Labute approximate surface area is 74.3 Å². The summed E-state index contributed by atoms with van der Waals surface area (Å²) in [7, 11) is 0. The summed E-state index contributed by atoms with van der Waals surface area (Å²) in [6.07, 6.45) is 0.630. The lowest BCUT2D eigenvalue weighted by Gasteiger charge is -2.19. The molecule has 0 unspecified atom stereocenters. The van der Waals surface area contributed by atoms with E-state index in [-0.39, 0.29) is 5.41 Å². The minimum atomic E-state index is -0.787. The van der Waals surface area contributed by atoms with E-state index in [9.17, 15) is 4.79 Å². The number of carbonyl (C=O) groups is 1. The Morgan fingerprint density at radius 1 is 1.25 bits per heavy atom. The van der Waals surface area contributed by atoms with Crippen molar-refractivity contribution in [2.75, 3.05) is 0 Å². The molecular weight excluding hydrogens is 152 g/mol. The van der Waals surface area contributed by atoms with Crippen molar-refractivity contribution in [3.63, 3.8) is 0 Å². The molecule has 0 aliphatic rings. The van der Waals surface area contributed by atoms with Crippen molar-refractivity contribution in [2.24, 2.45) is 5.41 Å². The molecule has 0 amide bonds. The van der Waals surface area contributed by atoms with Crippen LogP contribution in [0.5, 0.6) is 0 Å². The van der Waals surface area contributed by atoms with Gasteiger partial charge in [0.15, 0.2) is 0 Å². The molecule has 0 saturated heterocycles. The highest BCUT2D eigenvalue weighted by atomic mass is 16.4. The molecule has 0 aliphatic carbocycles. The van der Waals surface area contributed by atoms with Crippen molar-refractivity contribution in [3.05, 3.63) is 11.1 Å². The molecule has 0 bridgehead atoms. The van der Waals surface area contributed by atoms with Crippen LogP contribution in [0.15, 0.2) is 11.1 Å². The van der Waals surface area contributed by atoms with Crippen molar-refractivity contribution in [1.82, 2.24) is 0 Å². The van der Waals surface area contributed by atoms with Gasteiger partial charge in [0.2, 0.25) is 0 Å². The van der Waals surface area contributed by atoms with Crippen LogP contribution in [-0.2, 0) is 4.79 Å². The maximum Gasteiger partial charge on any atom is 0.331 e. The molecule has 0 fully saturated rings. The first kappa shape index (κ1) is 11.2. The van der Waals surface area contributed by atoms with E-state index >= 15 is 0 Å². The average Bonchev–Trinajstić information content (AvgIpc) is 1.79. The van der Waals surface area contributed by atoms with E-state index < -0.39 is 5.97 Å². The van der Waals surface area contributed by atoms with Gasteiger partial charge in [-0.05, 0) is 25.7 Å². The molecule has 0 aromatic carbocycles. The molecule has 2 heteroatoms. The lowest BCUT2D eigenvalue weighted by Crippen LogP contribution is -2.13. The normalized spacial score (nSPS) is 11.1. The van der Waals surface area contributed by atoms with E-state index in [4.69, 9.17) is 5.11 Å². The second-order valence-corrected chi connectivity index (χ2v) is 4.52. The Bertz CT molecular complexity index is 202. The van der Waals surface area contributed by atoms with Crippen LogP contribution in [-0.4, -0.2) is 11.1 Å². The van der Waals surface area contributed by atoms with Crippen LogP contribution >= 0.6 is 0 Å². The summed E-state index contributed by atoms with van der Waals surface area (Å²) >= 11 is 0. The predicted molar refractivity (Wildman–Crippen MR) is 50.1 cm³/mol. The van der Waals surface area contributed by atoms with Gasteiger partial charge < -0.3 is 5.11 Å². The molecule has 12 heavy (non-hydrogen) atoms. The molecule has 0 aromatic heterocycles. The molecule has 0 heterocycles. The van der Waals surface area contributed by atoms with Gasteiger partial charge in [0, 0.05) is 5.57 Å². The lowest BCUT2D eigenvalue weighted by molar-refractivity contribution is -0.133. The molecule has 0 atom stereocenters. The van der Waals surface area contributed by atoms with Gasteiger partial charge in [-0.2, -0.15) is 0 Å². The highest BCUT2D eigenvalue weighted by molar-refractivity contribution is 5.87. The summed E-state index contributed by atoms with van der Waals surface area (Å²) < 4.78 is 0. The number of carboxylic acid groups (broad SMARTS) is 1. The first-order valence-corrected chi connectivity index (χ1v) is 4.13. The number of allylic oxidation sites excluding steroid dienone is 1. The largest absolute Gasteiger partial charge is 0.478 e. The van der Waals surface area contributed by atoms with Crippen molar-refractivity contribution >= 4 is 5.97 Å². The summed E-state index contributed by atoms with van der Waals surface area (Å²) in [6.45, 7) is 9.81. The average molecular weight is 170 g/mol. The molecular formula is C10H18O2. The second kappa shape index (κ2) is 3.74. The molecule has 0 saturated carbocycles. The standard InChI is InChI=1S/C10H18O2/c1-7(2)8(9(11)12)6-10(3,4)5/h6H2,1-5H3,(H,11,12). The van der Waals surface area contributed by atoms with Gasteiger partial charge in [-0.1, -0.05) is 26.3 Å². The monoisotopic (exact) mass is 170 g/mol. The van der Waals surface area contributed by atoms with Crippen LogP contribution in [0.3, 0.4) is 0 Å². The Morgan fingerprint density at radius 2 is 1.67 bits per heavy atom. The zero-order valence-corrected chi connectivity index (χ0v) is 8.56. The molecule has 0 radical (unpaired) electrons. The number of rotatable bonds is 2. The van der Waals surface area contributed by atoms with Crippen molar-refractivity contribution in [2.45, 2.75) is 41.0 Å². The van der Waals surface area contributed by atoms with Crippen molar-refractivity contribution < 1.29 is 9.90 Å². The number of aliphatic carboxylic acids is 1. The van der Waals surface area contributed by atoms with E-state index in [2.05, 4.69) is 0 Å². The van der Waals surface area contributed by atoms with Crippen LogP contribution in [0, 0.1) is 5.41 Å². The quantitative estimate of drug-likeness (QED) is 0.647. The van der Waals surface area contributed by atoms with E-state index in [0.717, 1.165) is 5.57 Å². The molecule has 70 valence electrons. The highest BCUT2D eigenvalue weighted by Gasteiger charge is 2.18. The van der Waals surface area contributed by atoms with Gasteiger partial charge in [-0.3, -0.25) is 0 Å². The van der Waals surface area contributed by atoms with Crippen LogP contribution in [0.1, 0.15) is 41.0 Å². The SMILES string of the molecule is CC(C)=C(CC(C)(C)C)C(=O)O. The van der Waals surface area contributed by atoms with Gasteiger partial charge in [-0.25, -0.2) is 4.79 Å². The first-order valence-electron chi connectivity index (χ1n) is 4.13. The van der Waals surface area contributed by atoms with Crippen LogP contribution in [0.2, 0.25) is 0 Å². The maximum absolute atomic E-state index is 10.8. The third-order valence-electron chi connectivity index (χ3n) is 1.57. The van der Waals surface area contributed by atoms with Gasteiger partial charge in [0.05, 0.1) is 0 Å². The summed E-state index contributed by atoms with van der Waals surface area (Å²) in [5.74, 6) is -0.787. The van der Waals surface area contributed by atoms with Gasteiger partial charge in [0.25, 0.3) is 0 Å². The van der Waals surface area contributed by atoms with Crippen molar-refractivity contribution in [1.29, 1.82) is 0 Å². The minimum absolute atomic E-state index is 0.0466. The summed E-state index contributed by atoms with van der Waals surface area (Å²) in [5.41, 5.74) is 1.49. The number of hydrogen-bond donors (Lipinski definition) is 1. The molecule has 0 spiro atoms. The van der Waals surface area contributed by atoms with E-state index in [1.54, 1.807) is 0 Å². The summed E-state index contributed by atoms with van der Waals surface area (Å²) in [6, 6.07) is 0. The van der Waals surface area contributed by atoms with E-state index in [0.29, 0.717) is 12.0 Å². The first-order chi connectivity index (χ1) is 5.24. The van der Waals surface area contributed by atoms with Crippen molar-refractivity contribution in [3.8, 4) is 0 Å². The molecule has 0 rings (SSSR count). The maximum atomic E-state index is 10.8. The van der Waals surface area contributed by atoms with Gasteiger partial charge in [0.1, 0.15) is 0 Å². The summed E-state index contributed by atoms with van der Waals surface area (Å²) in [4.78, 5) is 10.8. The minimum Gasteiger partial charge on any atom is -0.478 e. The molecule has 2 nitrogen and oxygen atoms in total. The third-order valence-corrected chi connectivity index (χ3v) is 1.57. The Hall–Kier alpha value is -0.790. The Morgan fingerprint density at radius 3 is 1.75 bits per heavy atom. The predicted octanol–water partition coefficient (Wildman–Crippen LogP) is 2.84. The summed E-state index contributed by atoms with van der Waals surface area (Å²) in [5, 5.41) is 8.85. The fourth-order valence-corrected chi connectivity index (χ4v) is 0.997. The van der Waals surface area contributed by atoms with Crippen LogP contribution < -0.4 is 0 Å². The van der Waals surface area contributed by atoms with Gasteiger partial charge in [-0.15, -0.1) is 0 Å². The molecule has 0 aromatic rings. The lowest BCUT2D eigenvalue weighted by atomic mass is 9.86. The van der Waals surface area contributed by atoms with Crippen LogP contribution in [0.4, 0.5) is 0 Å². The van der Waals surface area contributed by atoms with E-state index in [1.165, 1.54) is 0 Å². The molecule has 0 aliphatic heterocycles. The zero-order valence-electron chi connectivity index (χ0n) is 8.56.